The number of benzene rings is 2. The minimum atomic E-state index is -3.21. The van der Waals surface area contributed by atoms with Crippen molar-refractivity contribution in [2.75, 3.05) is 45.6 Å². The van der Waals surface area contributed by atoms with Crippen LogP contribution in [0.25, 0.3) is 0 Å². The molecule has 1 fully saturated rings. The van der Waals surface area contributed by atoms with Gasteiger partial charge in [0.2, 0.25) is 15.9 Å². The fourth-order valence-corrected chi connectivity index (χ4v) is 5.26. The Morgan fingerprint density at radius 3 is 2.29 bits per heavy atom. The van der Waals surface area contributed by atoms with Gasteiger partial charge in [-0.15, -0.1) is 0 Å². The molecule has 7 nitrogen and oxygen atoms in total. The van der Waals surface area contributed by atoms with Crippen molar-refractivity contribution in [3.8, 4) is 0 Å². The minimum absolute atomic E-state index is 0.233. The first-order chi connectivity index (χ1) is 16.0. The molecule has 0 aromatic heterocycles. The van der Waals surface area contributed by atoms with Crippen LogP contribution in [0.4, 0.5) is 0 Å². The van der Waals surface area contributed by atoms with Gasteiger partial charge in [0.15, 0.2) is 0 Å². The van der Waals surface area contributed by atoms with Gasteiger partial charge < -0.3 is 15.3 Å². The highest BCUT2D eigenvalue weighted by molar-refractivity contribution is 7.88. The van der Waals surface area contributed by atoms with E-state index >= 15 is 0 Å². The topological polar surface area (TPSA) is 90.0 Å². The number of aliphatic hydroxyl groups is 1. The summed E-state index contributed by atoms with van der Waals surface area (Å²) < 4.78 is 25.1. The van der Waals surface area contributed by atoms with Gasteiger partial charge in [-0.2, -0.15) is 4.31 Å². The van der Waals surface area contributed by atoms with E-state index in [1.54, 1.807) is 18.2 Å². The smallest absolute Gasteiger partial charge is 0.230 e. The molecule has 0 unspecified atom stereocenters. The van der Waals surface area contributed by atoms with E-state index in [9.17, 15) is 18.3 Å². The molecular weight excluding hydrogens is 497 g/mol. The maximum Gasteiger partial charge on any atom is 0.230 e. The molecule has 1 saturated heterocycles. The number of carbonyl (C=O) groups excluding carboxylic acids is 1. The molecule has 0 spiro atoms. The molecule has 1 heterocycles. The lowest BCUT2D eigenvalue weighted by atomic mass is 9.78. The largest absolute Gasteiger partial charge is 0.394 e. The Bertz CT molecular complexity index is 1090. The zero-order valence-electron chi connectivity index (χ0n) is 19.4. The average molecular weight is 529 g/mol. The summed E-state index contributed by atoms with van der Waals surface area (Å²) >= 11 is 12.4. The van der Waals surface area contributed by atoms with E-state index < -0.39 is 21.5 Å². The molecule has 0 saturated carbocycles. The van der Waals surface area contributed by atoms with Crippen LogP contribution < -0.4 is 5.32 Å². The minimum Gasteiger partial charge on any atom is -0.394 e. The molecule has 2 aromatic rings. The molecule has 2 aromatic carbocycles. The van der Waals surface area contributed by atoms with Crippen LogP contribution in [0.2, 0.25) is 10.0 Å². The van der Waals surface area contributed by atoms with Crippen molar-refractivity contribution >= 4 is 39.1 Å². The van der Waals surface area contributed by atoms with Gasteiger partial charge in [-0.3, -0.25) is 4.79 Å². The lowest BCUT2D eigenvalue weighted by Gasteiger charge is -2.37. The summed E-state index contributed by atoms with van der Waals surface area (Å²) in [6.07, 6.45) is 1.70. The summed E-state index contributed by atoms with van der Waals surface area (Å²) in [5.74, 6) is -0.233. The molecule has 0 radical (unpaired) electrons. The Hall–Kier alpha value is -1.68. The zero-order valence-corrected chi connectivity index (χ0v) is 21.7. The van der Waals surface area contributed by atoms with Gasteiger partial charge in [-0.25, -0.2) is 8.42 Å². The van der Waals surface area contributed by atoms with Crippen molar-refractivity contribution in [2.45, 2.75) is 24.8 Å². The van der Waals surface area contributed by atoms with Gasteiger partial charge in [0.05, 0.1) is 34.4 Å². The SMILES string of the molecule is C[C@@](CCN1CCN(S(C)(=O)=O)CC1)(C(=O)N[C@@H](CO)c1ccccc1)c1ccc(Cl)c(Cl)c1. The second kappa shape index (κ2) is 11.4. The lowest BCUT2D eigenvalue weighted by molar-refractivity contribution is -0.127. The van der Waals surface area contributed by atoms with Gasteiger partial charge in [0.1, 0.15) is 0 Å². The number of amides is 1. The van der Waals surface area contributed by atoms with Gasteiger partial charge in [0.25, 0.3) is 0 Å². The van der Waals surface area contributed by atoms with Crippen LogP contribution in [-0.4, -0.2) is 74.2 Å². The number of carbonyl (C=O) groups is 1. The number of halogens is 2. The standard InChI is InChI=1S/C24H31Cl2N3O4S/c1-24(19-8-9-20(25)21(26)16-19,10-11-28-12-14-29(15-13-28)34(2,32)33)23(31)27-22(17-30)18-6-4-3-5-7-18/h3-9,16,22,30H,10-15,17H2,1-2H3,(H,27,31)/t22-,24-/m0/s1. The fourth-order valence-electron chi connectivity index (χ4n) is 4.13. The Morgan fingerprint density at radius 1 is 1.09 bits per heavy atom. The number of piperazine rings is 1. The predicted molar refractivity (Wildman–Crippen MR) is 136 cm³/mol. The van der Waals surface area contributed by atoms with Crippen LogP contribution in [0.1, 0.15) is 30.5 Å². The number of nitrogens with zero attached hydrogens (tertiary/aromatic N) is 2. The van der Waals surface area contributed by atoms with Crippen LogP contribution in [0.15, 0.2) is 48.5 Å². The molecule has 10 heteroatoms. The summed E-state index contributed by atoms with van der Waals surface area (Å²) in [6, 6.07) is 14.0. The third-order valence-corrected chi connectivity index (χ3v) is 8.52. The number of nitrogens with one attached hydrogen (secondary N) is 1. The van der Waals surface area contributed by atoms with Crippen LogP contribution >= 0.6 is 23.2 Å². The molecule has 0 bridgehead atoms. The summed E-state index contributed by atoms with van der Waals surface area (Å²) in [6.45, 7) is 4.25. The summed E-state index contributed by atoms with van der Waals surface area (Å²) in [5.41, 5.74) is 0.579. The fraction of sp³-hybridized carbons (Fsp3) is 0.458. The molecule has 186 valence electrons. The molecule has 2 N–H and O–H groups in total. The van der Waals surface area contributed by atoms with E-state index in [2.05, 4.69) is 10.2 Å². The summed E-state index contributed by atoms with van der Waals surface area (Å²) in [5, 5.41) is 13.7. The van der Waals surface area contributed by atoms with Crippen LogP contribution in [0, 0.1) is 0 Å². The second-order valence-electron chi connectivity index (χ2n) is 8.83. The van der Waals surface area contributed by atoms with Crippen molar-refractivity contribution in [3.05, 3.63) is 69.7 Å². The number of rotatable bonds is 9. The lowest BCUT2D eigenvalue weighted by Crippen LogP contribution is -2.50. The van der Waals surface area contributed by atoms with E-state index in [0.29, 0.717) is 49.2 Å². The van der Waals surface area contributed by atoms with Gasteiger partial charge in [0, 0.05) is 26.2 Å². The normalized spacial score (nSPS) is 18.3. The zero-order chi connectivity index (χ0) is 24.9. The van der Waals surface area contributed by atoms with Crippen molar-refractivity contribution in [3.63, 3.8) is 0 Å². The van der Waals surface area contributed by atoms with E-state index in [4.69, 9.17) is 23.2 Å². The van der Waals surface area contributed by atoms with Gasteiger partial charge in [-0.1, -0.05) is 59.6 Å². The third-order valence-electron chi connectivity index (χ3n) is 6.48. The maximum absolute atomic E-state index is 13.7. The molecular formula is C24H31Cl2N3O4S. The number of hydrogen-bond donors (Lipinski definition) is 2. The van der Waals surface area contributed by atoms with E-state index in [1.165, 1.54) is 10.6 Å². The first-order valence-electron chi connectivity index (χ1n) is 11.1. The van der Waals surface area contributed by atoms with E-state index in [-0.39, 0.29) is 12.5 Å². The van der Waals surface area contributed by atoms with E-state index in [0.717, 1.165) is 11.1 Å². The first kappa shape index (κ1) is 26.9. The highest BCUT2D eigenvalue weighted by Gasteiger charge is 2.37. The highest BCUT2D eigenvalue weighted by Crippen LogP contribution is 2.34. The summed E-state index contributed by atoms with van der Waals surface area (Å²) in [4.78, 5) is 15.8. The van der Waals surface area contributed by atoms with Crippen LogP contribution in [0.3, 0.4) is 0 Å². The Kier molecular flexibility index (Phi) is 9.00. The Morgan fingerprint density at radius 2 is 1.74 bits per heavy atom. The van der Waals surface area contributed by atoms with Crippen molar-refractivity contribution < 1.29 is 18.3 Å². The summed E-state index contributed by atoms with van der Waals surface area (Å²) in [7, 11) is -3.21. The van der Waals surface area contributed by atoms with Crippen molar-refractivity contribution in [1.82, 2.24) is 14.5 Å². The molecule has 2 atom stereocenters. The van der Waals surface area contributed by atoms with Gasteiger partial charge >= 0.3 is 0 Å². The molecule has 1 amide bonds. The number of hydrogen-bond acceptors (Lipinski definition) is 5. The second-order valence-corrected chi connectivity index (χ2v) is 11.6. The maximum atomic E-state index is 13.7. The average Bonchev–Trinajstić information content (AvgIpc) is 2.82. The molecule has 1 aliphatic rings. The predicted octanol–water partition coefficient (Wildman–Crippen LogP) is 3.07. The van der Waals surface area contributed by atoms with Crippen LogP contribution in [0.5, 0.6) is 0 Å². The van der Waals surface area contributed by atoms with Crippen molar-refractivity contribution in [2.24, 2.45) is 0 Å². The molecule has 3 rings (SSSR count). The third kappa shape index (κ3) is 6.50. The highest BCUT2D eigenvalue weighted by atomic mass is 35.5. The molecule has 34 heavy (non-hydrogen) atoms. The first-order valence-corrected chi connectivity index (χ1v) is 13.7. The van der Waals surface area contributed by atoms with Crippen LogP contribution in [-0.2, 0) is 20.2 Å². The quantitative estimate of drug-likeness (QED) is 0.522. The molecule has 1 aliphatic heterocycles. The van der Waals surface area contributed by atoms with Gasteiger partial charge in [-0.05, 0) is 43.1 Å². The van der Waals surface area contributed by atoms with E-state index in [1.807, 2.05) is 37.3 Å². The Balaban J connectivity index is 1.80. The number of aliphatic hydroxyl groups excluding tert-OH is 1. The number of sulfonamides is 1. The molecule has 0 aliphatic carbocycles. The van der Waals surface area contributed by atoms with Crippen molar-refractivity contribution in [1.29, 1.82) is 0 Å². The Labute approximate surface area is 211 Å². The monoisotopic (exact) mass is 527 g/mol.